The first-order chi connectivity index (χ1) is 7.68. The van der Waals surface area contributed by atoms with Crippen molar-refractivity contribution in [1.82, 2.24) is 10.2 Å². The van der Waals surface area contributed by atoms with Gasteiger partial charge in [0.1, 0.15) is 0 Å². The Labute approximate surface area is 92.7 Å². The third kappa shape index (κ3) is 5.04. The molecule has 1 aromatic heterocycles. The molecule has 6 heteroatoms. The van der Waals surface area contributed by atoms with Gasteiger partial charge >= 0.3 is 5.97 Å². The molecule has 0 saturated carbocycles. The molecule has 0 unspecified atom stereocenters. The van der Waals surface area contributed by atoms with Gasteiger partial charge in [-0.05, 0) is 25.0 Å². The summed E-state index contributed by atoms with van der Waals surface area (Å²) in [5.74, 6) is -0.606. The number of carboxylic acid groups (broad SMARTS) is 1. The summed E-state index contributed by atoms with van der Waals surface area (Å²) in [4.78, 5) is 21.5. The Balaban J connectivity index is 2.19. The van der Waals surface area contributed by atoms with E-state index in [1.165, 1.54) is 6.20 Å². The van der Waals surface area contributed by atoms with Crippen molar-refractivity contribution < 1.29 is 14.7 Å². The van der Waals surface area contributed by atoms with Gasteiger partial charge in [0.05, 0.1) is 0 Å². The molecule has 0 aliphatic rings. The van der Waals surface area contributed by atoms with Gasteiger partial charge in [-0.3, -0.25) is 9.59 Å². The lowest BCUT2D eigenvalue weighted by Crippen LogP contribution is -2.12. The average Bonchev–Trinajstić information content (AvgIpc) is 2.25. The maximum absolute atomic E-state index is 11.3. The minimum atomic E-state index is -0.839. The fourth-order valence-corrected chi connectivity index (χ4v) is 1.14. The second-order valence-electron chi connectivity index (χ2n) is 3.26. The van der Waals surface area contributed by atoms with Crippen LogP contribution in [0.15, 0.2) is 18.3 Å². The van der Waals surface area contributed by atoms with E-state index in [4.69, 9.17) is 5.11 Å². The molecule has 1 amide bonds. The van der Waals surface area contributed by atoms with Crippen LogP contribution in [0.5, 0.6) is 0 Å². The summed E-state index contributed by atoms with van der Waals surface area (Å²) in [6, 6.07) is 3.31. The summed E-state index contributed by atoms with van der Waals surface area (Å²) in [6.07, 6.45) is 2.96. The van der Waals surface area contributed by atoms with Crippen LogP contribution in [0.25, 0.3) is 0 Å². The van der Waals surface area contributed by atoms with Crippen LogP contribution in [0.4, 0.5) is 5.82 Å². The number of carboxylic acids is 1. The van der Waals surface area contributed by atoms with Crippen LogP contribution in [0.3, 0.4) is 0 Å². The summed E-state index contributed by atoms with van der Waals surface area (Å²) in [5, 5.41) is 18.3. The van der Waals surface area contributed by atoms with Crippen molar-refractivity contribution in [3.63, 3.8) is 0 Å². The maximum Gasteiger partial charge on any atom is 0.303 e. The summed E-state index contributed by atoms with van der Waals surface area (Å²) < 4.78 is 0. The van der Waals surface area contributed by atoms with Crippen molar-refractivity contribution in [3.05, 3.63) is 18.3 Å². The molecule has 0 aliphatic heterocycles. The standard InChI is InChI=1S/C10H13N3O3/c14-9(5-1-2-6-10(15)16)12-8-4-3-7-11-13-8/h3-4,7H,1-2,5-6H2,(H,15,16)(H,12,13,14). The fraction of sp³-hybridized carbons (Fsp3) is 0.400. The number of hydrogen-bond acceptors (Lipinski definition) is 4. The predicted molar refractivity (Wildman–Crippen MR) is 56.8 cm³/mol. The molecule has 1 rings (SSSR count). The number of aromatic nitrogens is 2. The zero-order valence-corrected chi connectivity index (χ0v) is 8.72. The highest BCUT2D eigenvalue weighted by Crippen LogP contribution is 2.03. The van der Waals surface area contributed by atoms with Crippen molar-refractivity contribution in [2.24, 2.45) is 0 Å². The van der Waals surface area contributed by atoms with E-state index >= 15 is 0 Å². The Kier molecular flexibility index (Phi) is 4.91. The number of amides is 1. The fourth-order valence-electron chi connectivity index (χ4n) is 1.14. The third-order valence-electron chi connectivity index (χ3n) is 1.88. The SMILES string of the molecule is O=C(O)CCCCC(=O)Nc1cccnn1. The maximum atomic E-state index is 11.3. The monoisotopic (exact) mass is 223 g/mol. The van der Waals surface area contributed by atoms with Crippen molar-refractivity contribution in [1.29, 1.82) is 0 Å². The Morgan fingerprint density at radius 3 is 2.69 bits per heavy atom. The molecule has 0 aromatic carbocycles. The first-order valence-corrected chi connectivity index (χ1v) is 4.98. The van der Waals surface area contributed by atoms with E-state index in [0.29, 0.717) is 25.1 Å². The molecule has 1 aromatic rings. The molecule has 16 heavy (non-hydrogen) atoms. The summed E-state index contributed by atoms with van der Waals surface area (Å²) in [7, 11) is 0. The zero-order valence-electron chi connectivity index (χ0n) is 8.72. The number of anilines is 1. The smallest absolute Gasteiger partial charge is 0.303 e. The number of hydrogen-bond donors (Lipinski definition) is 2. The summed E-state index contributed by atoms with van der Waals surface area (Å²) in [5.41, 5.74) is 0. The van der Waals surface area contributed by atoms with Crippen LogP contribution in [-0.4, -0.2) is 27.2 Å². The number of rotatable bonds is 6. The molecule has 0 atom stereocenters. The average molecular weight is 223 g/mol. The quantitative estimate of drug-likeness (QED) is 0.703. The van der Waals surface area contributed by atoms with Crippen molar-refractivity contribution >= 4 is 17.7 Å². The molecule has 0 bridgehead atoms. The molecular formula is C10H13N3O3. The minimum absolute atomic E-state index is 0.0957. The Bertz CT molecular complexity index is 354. The lowest BCUT2D eigenvalue weighted by molar-refractivity contribution is -0.137. The Morgan fingerprint density at radius 2 is 2.06 bits per heavy atom. The molecule has 0 fully saturated rings. The summed E-state index contributed by atoms with van der Waals surface area (Å²) in [6.45, 7) is 0. The van der Waals surface area contributed by atoms with Gasteiger partial charge in [0.15, 0.2) is 5.82 Å². The topological polar surface area (TPSA) is 92.2 Å². The number of nitrogens with one attached hydrogen (secondary N) is 1. The first-order valence-electron chi connectivity index (χ1n) is 4.98. The van der Waals surface area contributed by atoms with Gasteiger partial charge in [0.2, 0.25) is 5.91 Å². The number of carbonyl (C=O) groups is 2. The van der Waals surface area contributed by atoms with Crippen molar-refractivity contribution in [2.45, 2.75) is 25.7 Å². The van der Waals surface area contributed by atoms with Gasteiger partial charge in [-0.2, -0.15) is 5.10 Å². The van der Waals surface area contributed by atoms with E-state index < -0.39 is 5.97 Å². The van der Waals surface area contributed by atoms with Crippen LogP contribution >= 0.6 is 0 Å². The molecule has 86 valence electrons. The van der Waals surface area contributed by atoms with E-state index in [1.54, 1.807) is 12.1 Å². The minimum Gasteiger partial charge on any atom is -0.481 e. The largest absolute Gasteiger partial charge is 0.481 e. The highest BCUT2D eigenvalue weighted by Gasteiger charge is 2.03. The lowest BCUT2D eigenvalue weighted by atomic mass is 10.2. The highest BCUT2D eigenvalue weighted by atomic mass is 16.4. The van der Waals surface area contributed by atoms with E-state index in [1.807, 2.05) is 0 Å². The van der Waals surface area contributed by atoms with Gasteiger partial charge in [0, 0.05) is 19.0 Å². The van der Waals surface area contributed by atoms with Crippen LogP contribution in [0, 0.1) is 0 Å². The summed E-state index contributed by atoms with van der Waals surface area (Å²) >= 11 is 0. The number of carbonyl (C=O) groups excluding carboxylic acids is 1. The second-order valence-corrected chi connectivity index (χ2v) is 3.26. The molecular weight excluding hydrogens is 210 g/mol. The van der Waals surface area contributed by atoms with E-state index in [0.717, 1.165) is 0 Å². The van der Waals surface area contributed by atoms with Crippen LogP contribution in [0.2, 0.25) is 0 Å². The van der Waals surface area contributed by atoms with Crippen molar-refractivity contribution in [3.8, 4) is 0 Å². The second kappa shape index (κ2) is 6.49. The molecule has 1 heterocycles. The van der Waals surface area contributed by atoms with E-state index in [-0.39, 0.29) is 12.3 Å². The molecule has 2 N–H and O–H groups in total. The molecule has 0 spiro atoms. The normalized spacial score (nSPS) is 9.75. The third-order valence-corrected chi connectivity index (χ3v) is 1.88. The molecule has 0 aliphatic carbocycles. The van der Waals surface area contributed by atoms with Gasteiger partial charge in [-0.15, -0.1) is 5.10 Å². The number of unbranched alkanes of at least 4 members (excludes halogenated alkanes) is 1. The number of nitrogens with zero attached hydrogens (tertiary/aromatic N) is 2. The van der Waals surface area contributed by atoms with E-state index in [9.17, 15) is 9.59 Å². The number of aliphatic carboxylic acids is 1. The van der Waals surface area contributed by atoms with Crippen LogP contribution < -0.4 is 5.32 Å². The first kappa shape index (κ1) is 12.1. The van der Waals surface area contributed by atoms with Crippen molar-refractivity contribution in [2.75, 3.05) is 5.32 Å². The predicted octanol–water partition coefficient (Wildman–Crippen LogP) is 1.06. The van der Waals surface area contributed by atoms with Gasteiger partial charge < -0.3 is 10.4 Å². The molecule has 0 saturated heterocycles. The van der Waals surface area contributed by atoms with Crippen LogP contribution in [-0.2, 0) is 9.59 Å². The zero-order chi connectivity index (χ0) is 11.8. The Hall–Kier alpha value is -1.98. The van der Waals surface area contributed by atoms with Crippen LogP contribution in [0.1, 0.15) is 25.7 Å². The lowest BCUT2D eigenvalue weighted by Gasteiger charge is -2.02. The molecule has 6 nitrogen and oxygen atoms in total. The van der Waals surface area contributed by atoms with Gasteiger partial charge in [0.25, 0.3) is 0 Å². The molecule has 0 radical (unpaired) electrons. The Morgan fingerprint density at radius 1 is 1.31 bits per heavy atom. The van der Waals surface area contributed by atoms with Gasteiger partial charge in [-0.1, -0.05) is 0 Å². The highest BCUT2D eigenvalue weighted by molar-refractivity contribution is 5.89. The van der Waals surface area contributed by atoms with Gasteiger partial charge in [-0.25, -0.2) is 0 Å². The van der Waals surface area contributed by atoms with E-state index in [2.05, 4.69) is 15.5 Å².